The van der Waals surface area contributed by atoms with E-state index in [0.29, 0.717) is 109 Å². The monoisotopic (exact) mass is 690 g/mol. The molecule has 0 saturated heterocycles. The molecule has 0 N–H and O–H groups in total. The third-order valence-electron chi connectivity index (χ3n) is 7.42. The van der Waals surface area contributed by atoms with Gasteiger partial charge in [-0.3, -0.25) is 9.59 Å². The first-order chi connectivity index (χ1) is 22.6. The molecule has 1 atom stereocenters. The van der Waals surface area contributed by atoms with E-state index in [1.807, 2.05) is 20.8 Å². The highest BCUT2D eigenvalue weighted by Gasteiger charge is 2.42. The first-order valence-electron chi connectivity index (χ1n) is 15.9. The minimum absolute atomic E-state index is 0.0810. The summed E-state index contributed by atoms with van der Waals surface area (Å²) in [6.07, 6.45) is 0.722. The molecule has 2 rings (SSSR count). The third kappa shape index (κ3) is 15.2. The van der Waals surface area contributed by atoms with Crippen molar-refractivity contribution in [1.82, 2.24) is 0 Å². The quantitative estimate of drug-likeness (QED) is 0.0607. The number of ether oxygens (including phenoxy) is 10. The number of halogens is 1. The van der Waals surface area contributed by atoms with Gasteiger partial charge in [-0.15, -0.1) is 0 Å². The predicted molar refractivity (Wildman–Crippen MR) is 171 cm³/mol. The molecule has 0 aromatic heterocycles. The molecule has 1 unspecified atom stereocenters. The van der Waals surface area contributed by atoms with Crippen LogP contribution in [0.2, 0.25) is 0 Å². The van der Waals surface area contributed by atoms with Gasteiger partial charge in [0.05, 0.1) is 92.3 Å². The lowest BCUT2D eigenvalue weighted by molar-refractivity contribution is -0.164. The first kappa shape index (κ1) is 40.8. The molecule has 0 aliphatic carbocycles. The van der Waals surface area contributed by atoms with Gasteiger partial charge in [-0.05, 0) is 62.4 Å². The molecule has 0 amide bonds. The van der Waals surface area contributed by atoms with Crippen LogP contribution in [0.1, 0.15) is 48.4 Å². The molecule has 0 saturated carbocycles. The Labute approximate surface area is 282 Å². The summed E-state index contributed by atoms with van der Waals surface area (Å²) in [6.45, 7) is 13.3. The second-order valence-corrected chi connectivity index (χ2v) is 11.4. The minimum atomic E-state index is -1.17. The van der Waals surface area contributed by atoms with Crippen molar-refractivity contribution < 1.29 is 61.8 Å². The SMILES string of the molecule is COCCOCCOCCOCCOCCOCCOCCOC(=O)C1(C)CCc2c(C)c(OC(=O)CCC(=O)Cl)c(C)c(C)c2O1. The number of hydrogen-bond donors (Lipinski definition) is 0. The number of carbonyl (C=O) groups is 3. The van der Waals surface area contributed by atoms with Gasteiger partial charge in [0.15, 0.2) is 0 Å². The lowest BCUT2D eigenvalue weighted by Crippen LogP contribution is -2.46. The van der Waals surface area contributed by atoms with Crippen LogP contribution >= 0.6 is 11.6 Å². The van der Waals surface area contributed by atoms with Gasteiger partial charge < -0.3 is 47.4 Å². The summed E-state index contributed by atoms with van der Waals surface area (Å²) in [5.74, 6) is 0.0176. The summed E-state index contributed by atoms with van der Waals surface area (Å²) < 4.78 is 54.8. The van der Waals surface area contributed by atoms with Crippen molar-refractivity contribution in [3.63, 3.8) is 0 Å². The van der Waals surface area contributed by atoms with Gasteiger partial charge >= 0.3 is 11.9 Å². The Bertz CT molecular complexity index is 1110. The van der Waals surface area contributed by atoms with Crippen LogP contribution in [-0.4, -0.2) is 122 Å². The number of fused-ring (bicyclic) bond motifs is 1. The van der Waals surface area contributed by atoms with Gasteiger partial charge in [-0.25, -0.2) is 4.79 Å². The molecule has 0 bridgehead atoms. The Morgan fingerprint density at radius 1 is 0.681 bits per heavy atom. The van der Waals surface area contributed by atoms with Crippen LogP contribution in [-0.2, 0) is 58.7 Å². The van der Waals surface area contributed by atoms with Gasteiger partial charge in [0.25, 0.3) is 0 Å². The predicted octanol–water partition coefficient (Wildman–Crippen LogP) is 3.44. The van der Waals surface area contributed by atoms with E-state index in [2.05, 4.69) is 0 Å². The van der Waals surface area contributed by atoms with Crippen LogP contribution < -0.4 is 9.47 Å². The minimum Gasteiger partial charge on any atom is -0.475 e. The van der Waals surface area contributed by atoms with Crippen molar-refractivity contribution in [2.24, 2.45) is 0 Å². The summed E-state index contributed by atoms with van der Waals surface area (Å²) in [5.41, 5.74) is 1.94. The Morgan fingerprint density at radius 2 is 1.15 bits per heavy atom. The van der Waals surface area contributed by atoms with Crippen molar-refractivity contribution in [1.29, 1.82) is 0 Å². The summed E-state index contributed by atoms with van der Waals surface area (Å²) in [7, 11) is 1.63. The summed E-state index contributed by atoms with van der Waals surface area (Å²) in [4.78, 5) is 36.2. The van der Waals surface area contributed by atoms with E-state index < -0.39 is 22.8 Å². The smallest absolute Gasteiger partial charge is 0.350 e. The van der Waals surface area contributed by atoms with E-state index >= 15 is 0 Å². The molecule has 1 aromatic rings. The van der Waals surface area contributed by atoms with Crippen molar-refractivity contribution in [3.8, 4) is 11.5 Å². The molecule has 1 heterocycles. The zero-order valence-electron chi connectivity index (χ0n) is 28.4. The van der Waals surface area contributed by atoms with Crippen molar-refractivity contribution in [2.75, 3.05) is 99.6 Å². The number of hydrogen-bond acceptors (Lipinski definition) is 13. The molecule has 0 radical (unpaired) electrons. The normalized spacial score (nSPS) is 15.6. The lowest BCUT2D eigenvalue weighted by atomic mass is 9.87. The van der Waals surface area contributed by atoms with Crippen LogP contribution in [0.25, 0.3) is 0 Å². The number of esters is 2. The van der Waals surface area contributed by atoms with E-state index in [0.717, 1.165) is 16.7 Å². The topological polar surface area (TPSA) is 144 Å². The van der Waals surface area contributed by atoms with Gasteiger partial charge in [0.2, 0.25) is 10.8 Å². The molecular weight excluding hydrogens is 640 g/mol. The van der Waals surface area contributed by atoms with E-state index in [1.54, 1.807) is 14.0 Å². The maximum absolute atomic E-state index is 13.0. The summed E-state index contributed by atoms with van der Waals surface area (Å²) in [5, 5.41) is -0.594. The standard InChI is InChI=1S/C33H51ClO13/c1-24-25(2)31-27(26(3)30(24)46-29(36)7-6-28(34)35)8-9-33(4,47-31)32(37)45-23-22-44-21-20-43-19-18-42-17-16-41-15-14-40-13-12-39-11-10-38-5/h6-23H2,1-5H3. The van der Waals surface area contributed by atoms with Crippen LogP contribution in [0.5, 0.6) is 11.5 Å². The number of carbonyl (C=O) groups excluding carboxylic acids is 3. The van der Waals surface area contributed by atoms with Crippen LogP contribution in [0.4, 0.5) is 0 Å². The fourth-order valence-electron chi connectivity index (χ4n) is 4.59. The Hall–Kier alpha value is -2.36. The second-order valence-electron chi connectivity index (χ2n) is 11.0. The molecule has 0 spiro atoms. The highest BCUT2D eigenvalue weighted by molar-refractivity contribution is 6.63. The average molecular weight is 691 g/mol. The second kappa shape index (κ2) is 23.1. The van der Waals surface area contributed by atoms with E-state index in [-0.39, 0.29) is 26.1 Å². The Balaban J connectivity index is 1.55. The lowest BCUT2D eigenvalue weighted by Gasteiger charge is -2.36. The zero-order valence-corrected chi connectivity index (χ0v) is 29.2. The van der Waals surface area contributed by atoms with Gasteiger partial charge in [0.1, 0.15) is 18.1 Å². The van der Waals surface area contributed by atoms with Crippen molar-refractivity contribution in [2.45, 2.75) is 59.0 Å². The molecule has 268 valence electrons. The van der Waals surface area contributed by atoms with Crippen LogP contribution in [0.15, 0.2) is 0 Å². The average Bonchev–Trinajstić information content (AvgIpc) is 3.05. The first-order valence-corrected chi connectivity index (χ1v) is 16.3. The molecule has 14 heteroatoms. The van der Waals surface area contributed by atoms with E-state index in [1.165, 1.54) is 0 Å². The maximum Gasteiger partial charge on any atom is 0.350 e. The van der Waals surface area contributed by atoms with E-state index in [9.17, 15) is 14.4 Å². The molecular formula is C33H51ClO13. The summed E-state index contributed by atoms with van der Waals surface area (Å²) in [6, 6.07) is 0. The Morgan fingerprint density at radius 3 is 1.62 bits per heavy atom. The number of benzene rings is 1. The Kier molecular flexibility index (Phi) is 20.0. The fourth-order valence-corrected chi connectivity index (χ4v) is 4.68. The molecule has 47 heavy (non-hydrogen) atoms. The molecule has 0 fully saturated rings. The molecule has 13 nitrogen and oxygen atoms in total. The fraction of sp³-hybridized carbons (Fsp3) is 0.727. The summed E-state index contributed by atoms with van der Waals surface area (Å²) >= 11 is 5.34. The highest BCUT2D eigenvalue weighted by Crippen LogP contribution is 2.44. The van der Waals surface area contributed by atoms with Crippen LogP contribution in [0, 0.1) is 20.8 Å². The van der Waals surface area contributed by atoms with Gasteiger partial charge in [0, 0.05) is 25.5 Å². The number of rotatable bonds is 26. The van der Waals surface area contributed by atoms with Crippen molar-refractivity contribution >= 4 is 28.8 Å². The maximum atomic E-state index is 13.0. The van der Waals surface area contributed by atoms with Gasteiger partial charge in [-0.1, -0.05) is 0 Å². The van der Waals surface area contributed by atoms with E-state index in [4.69, 9.17) is 59.0 Å². The third-order valence-corrected chi connectivity index (χ3v) is 7.61. The molecule has 1 aliphatic rings. The molecule has 1 aromatic carbocycles. The molecule has 1 aliphatic heterocycles. The van der Waals surface area contributed by atoms with Gasteiger partial charge in [-0.2, -0.15) is 0 Å². The van der Waals surface area contributed by atoms with Crippen molar-refractivity contribution in [3.05, 3.63) is 22.3 Å². The number of methoxy groups -OCH3 is 1. The highest BCUT2D eigenvalue weighted by atomic mass is 35.5. The zero-order chi connectivity index (χ0) is 34.5. The largest absolute Gasteiger partial charge is 0.475 e. The van der Waals surface area contributed by atoms with Crippen LogP contribution in [0.3, 0.4) is 0 Å².